The van der Waals surface area contributed by atoms with Crippen LogP contribution in [0.4, 0.5) is 21.9 Å². The molecular formula is C23H14BrN3O8S. The number of non-ortho nitro benzene ring substituents is 1. The first-order chi connectivity index (χ1) is 17.2. The maximum atomic E-state index is 12.9. The number of amides is 2. The SMILES string of the molecule is COc1cc(/C=C2\SC(=O)N(c3ccccc3)C2=O)cc(Br)c1Oc1ccc([N+](=O)[O-])cc1[N+](=O)[O-]. The Kier molecular flexibility index (Phi) is 7.03. The van der Waals surface area contributed by atoms with E-state index in [0.29, 0.717) is 15.7 Å². The van der Waals surface area contributed by atoms with E-state index < -0.39 is 32.4 Å². The Hall–Kier alpha value is -4.23. The topological polar surface area (TPSA) is 142 Å². The molecule has 0 saturated carbocycles. The van der Waals surface area contributed by atoms with Crippen LogP contribution in [0.1, 0.15) is 5.56 Å². The minimum absolute atomic E-state index is 0.0731. The molecular weight excluding hydrogens is 558 g/mol. The van der Waals surface area contributed by atoms with Gasteiger partial charge in [-0.2, -0.15) is 0 Å². The van der Waals surface area contributed by atoms with E-state index in [1.165, 1.54) is 19.3 Å². The predicted octanol–water partition coefficient (Wildman–Crippen LogP) is 6.31. The van der Waals surface area contributed by atoms with Gasteiger partial charge in [-0.25, -0.2) is 4.90 Å². The van der Waals surface area contributed by atoms with Gasteiger partial charge in [-0.3, -0.25) is 29.8 Å². The summed E-state index contributed by atoms with van der Waals surface area (Å²) in [5.74, 6) is -0.482. The summed E-state index contributed by atoms with van der Waals surface area (Å²) in [4.78, 5) is 47.5. The molecule has 0 unspecified atom stereocenters. The number of ether oxygens (including phenoxy) is 2. The number of methoxy groups -OCH3 is 1. The van der Waals surface area contributed by atoms with Crippen molar-refractivity contribution in [1.82, 2.24) is 0 Å². The van der Waals surface area contributed by atoms with Gasteiger partial charge in [0.15, 0.2) is 11.5 Å². The average Bonchev–Trinajstić information content (AvgIpc) is 3.13. The quantitative estimate of drug-likeness (QED) is 0.181. The van der Waals surface area contributed by atoms with Crippen LogP contribution in [0, 0.1) is 20.2 Å². The lowest BCUT2D eigenvalue weighted by Gasteiger charge is -2.14. The van der Waals surface area contributed by atoms with Gasteiger partial charge in [0.05, 0.1) is 38.1 Å². The Bertz CT molecular complexity index is 1440. The molecule has 1 fully saturated rings. The Morgan fingerprint density at radius 1 is 0.972 bits per heavy atom. The molecule has 1 aliphatic heterocycles. The fourth-order valence-corrected chi connectivity index (χ4v) is 4.68. The van der Waals surface area contributed by atoms with Gasteiger partial charge in [0, 0.05) is 6.07 Å². The zero-order valence-corrected chi connectivity index (χ0v) is 20.6. The predicted molar refractivity (Wildman–Crippen MR) is 135 cm³/mol. The third-order valence-electron chi connectivity index (χ3n) is 4.92. The molecule has 1 heterocycles. The van der Waals surface area contributed by atoms with E-state index in [-0.39, 0.29) is 22.2 Å². The molecule has 3 aromatic carbocycles. The summed E-state index contributed by atoms with van der Waals surface area (Å²) >= 11 is 4.13. The van der Waals surface area contributed by atoms with Crippen LogP contribution in [0.5, 0.6) is 17.2 Å². The lowest BCUT2D eigenvalue weighted by molar-refractivity contribution is -0.394. The molecule has 36 heavy (non-hydrogen) atoms. The molecule has 0 aliphatic carbocycles. The molecule has 0 radical (unpaired) electrons. The molecule has 182 valence electrons. The first-order valence-corrected chi connectivity index (χ1v) is 11.6. The zero-order chi connectivity index (χ0) is 26.0. The number of rotatable bonds is 7. The number of halogens is 1. The number of carbonyl (C=O) groups excluding carboxylic acids is 2. The van der Waals surface area contributed by atoms with Crippen molar-refractivity contribution in [2.75, 3.05) is 12.0 Å². The third kappa shape index (κ3) is 4.92. The summed E-state index contributed by atoms with van der Waals surface area (Å²) in [6.07, 6.45) is 1.51. The van der Waals surface area contributed by atoms with E-state index in [2.05, 4.69) is 15.9 Å². The molecule has 1 saturated heterocycles. The maximum Gasteiger partial charge on any atom is 0.318 e. The van der Waals surface area contributed by atoms with Crippen LogP contribution in [0.3, 0.4) is 0 Å². The minimum Gasteiger partial charge on any atom is -0.493 e. The van der Waals surface area contributed by atoms with Crippen molar-refractivity contribution in [3.63, 3.8) is 0 Å². The molecule has 0 bridgehead atoms. The van der Waals surface area contributed by atoms with Crippen molar-refractivity contribution in [1.29, 1.82) is 0 Å². The number of nitro groups is 2. The van der Waals surface area contributed by atoms with Crippen LogP contribution in [-0.2, 0) is 4.79 Å². The Morgan fingerprint density at radius 2 is 1.69 bits per heavy atom. The molecule has 0 N–H and O–H groups in total. The van der Waals surface area contributed by atoms with Crippen LogP contribution < -0.4 is 14.4 Å². The van der Waals surface area contributed by atoms with E-state index in [0.717, 1.165) is 34.9 Å². The average molecular weight is 572 g/mol. The molecule has 1 aliphatic rings. The second-order valence-corrected chi connectivity index (χ2v) is 9.00. The van der Waals surface area contributed by atoms with Crippen molar-refractivity contribution in [3.8, 4) is 17.2 Å². The molecule has 0 atom stereocenters. The Balaban J connectivity index is 1.67. The van der Waals surface area contributed by atoms with Gasteiger partial charge in [-0.05, 0) is 69.7 Å². The first kappa shape index (κ1) is 24.9. The summed E-state index contributed by atoms with van der Waals surface area (Å²) in [5, 5.41) is 22.0. The smallest absolute Gasteiger partial charge is 0.318 e. The number of hydrogen-bond acceptors (Lipinski definition) is 9. The molecule has 0 spiro atoms. The minimum atomic E-state index is -0.792. The van der Waals surface area contributed by atoms with E-state index in [1.54, 1.807) is 36.4 Å². The van der Waals surface area contributed by atoms with Crippen LogP contribution in [0.15, 0.2) is 70.0 Å². The number of imide groups is 1. The number of benzene rings is 3. The lowest BCUT2D eigenvalue weighted by Crippen LogP contribution is -2.27. The van der Waals surface area contributed by atoms with Crippen molar-refractivity contribution in [2.45, 2.75) is 0 Å². The van der Waals surface area contributed by atoms with Gasteiger partial charge in [0.2, 0.25) is 5.75 Å². The van der Waals surface area contributed by atoms with Gasteiger partial charge in [0.1, 0.15) is 0 Å². The molecule has 11 nitrogen and oxygen atoms in total. The van der Waals surface area contributed by atoms with Crippen LogP contribution in [0.2, 0.25) is 0 Å². The number of anilines is 1. The standard InChI is InChI=1S/C23H14BrN3O8S/c1-34-19-10-13(11-20-22(28)25(23(29)36-20)14-5-3-2-4-6-14)9-16(24)21(19)35-18-8-7-15(26(30)31)12-17(18)27(32)33/h2-12H,1H3/b20-11-. The number of nitro benzene ring substituents is 2. The van der Waals surface area contributed by atoms with Gasteiger partial charge in [-0.1, -0.05) is 18.2 Å². The van der Waals surface area contributed by atoms with Gasteiger partial charge >= 0.3 is 5.69 Å². The molecule has 3 aromatic rings. The summed E-state index contributed by atoms with van der Waals surface area (Å²) in [6.45, 7) is 0. The molecule has 4 rings (SSSR count). The van der Waals surface area contributed by atoms with E-state index in [9.17, 15) is 29.8 Å². The monoisotopic (exact) mass is 571 g/mol. The highest BCUT2D eigenvalue weighted by Gasteiger charge is 2.36. The van der Waals surface area contributed by atoms with Crippen molar-refractivity contribution < 1.29 is 28.9 Å². The normalized spacial score (nSPS) is 14.3. The Morgan fingerprint density at radius 3 is 2.33 bits per heavy atom. The highest BCUT2D eigenvalue weighted by Crippen LogP contribution is 2.44. The maximum absolute atomic E-state index is 12.9. The van der Waals surface area contributed by atoms with Crippen molar-refractivity contribution in [2.24, 2.45) is 0 Å². The van der Waals surface area contributed by atoms with E-state index in [1.807, 2.05) is 0 Å². The summed E-state index contributed by atoms with van der Waals surface area (Å²) in [5.41, 5.74) is -0.116. The number of thioether (sulfide) groups is 1. The molecule has 13 heteroatoms. The third-order valence-corrected chi connectivity index (χ3v) is 6.38. The van der Waals surface area contributed by atoms with Gasteiger partial charge in [-0.15, -0.1) is 0 Å². The van der Waals surface area contributed by atoms with Crippen LogP contribution >= 0.6 is 27.7 Å². The lowest BCUT2D eigenvalue weighted by atomic mass is 10.1. The summed E-state index contributed by atoms with van der Waals surface area (Å²) in [6, 6.07) is 14.6. The largest absolute Gasteiger partial charge is 0.493 e. The van der Waals surface area contributed by atoms with Gasteiger partial charge < -0.3 is 9.47 Å². The summed E-state index contributed by atoms with van der Waals surface area (Å²) in [7, 11) is 1.35. The highest BCUT2D eigenvalue weighted by molar-refractivity contribution is 9.10. The second kappa shape index (κ2) is 10.2. The van der Waals surface area contributed by atoms with Crippen molar-refractivity contribution >= 4 is 62.0 Å². The van der Waals surface area contributed by atoms with Crippen molar-refractivity contribution in [3.05, 3.63) is 95.8 Å². The number of para-hydroxylation sites is 1. The number of hydrogen-bond donors (Lipinski definition) is 0. The second-order valence-electron chi connectivity index (χ2n) is 7.16. The number of nitrogens with zero attached hydrogens (tertiary/aromatic N) is 3. The molecule has 0 aromatic heterocycles. The van der Waals surface area contributed by atoms with Gasteiger partial charge in [0.25, 0.3) is 16.8 Å². The number of carbonyl (C=O) groups is 2. The Labute approximate surface area is 215 Å². The first-order valence-electron chi connectivity index (χ1n) is 10.0. The summed E-state index contributed by atoms with van der Waals surface area (Å²) < 4.78 is 11.4. The van der Waals surface area contributed by atoms with Crippen LogP contribution in [0.25, 0.3) is 6.08 Å². The molecule has 2 amide bonds. The van der Waals surface area contributed by atoms with E-state index >= 15 is 0 Å². The zero-order valence-electron chi connectivity index (χ0n) is 18.2. The van der Waals surface area contributed by atoms with E-state index in [4.69, 9.17) is 9.47 Å². The highest BCUT2D eigenvalue weighted by atomic mass is 79.9. The fourth-order valence-electron chi connectivity index (χ4n) is 3.30. The van der Waals surface area contributed by atoms with Crippen LogP contribution in [-0.4, -0.2) is 28.1 Å². The fraction of sp³-hybridized carbons (Fsp3) is 0.0435.